The predicted octanol–water partition coefficient (Wildman–Crippen LogP) is 2.15. The smallest absolute Gasteiger partial charge is 0.142 e. The number of benzene rings is 1. The largest absolute Gasteiger partial charge is 0.495 e. The van der Waals surface area contributed by atoms with Crippen LogP contribution >= 0.6 is 0 Å². The fourth-order valence-electron chi connectivity index (χ4n) is 3.14. The Balaban J connectivity index is 2.13. The van der Waals surface area contributed by atoms with E-state index >= 15 is 0 Å². The number of hydrogen-bond acceptors (Lipinski definition) is 4. The van der Waals surface area contributed by atoms with E-state index < -0.39 is 0 Å². The third kappa shape index (κ3) is 3.44. The van der Waals surface area contributed by atoms with Gasteiger partial charge >= 0.3 is 0 Å². The highest BCUT2D eigenvalue weighted by Crippen LogP contribution is 2.34. The van der Waals surface area contributed by atoms with Gasteiger partial charge in [0.1, 0.15) is 5.75 Å². The number of hydrogen-bond donors (Lipinski definition) is 1. The molecule has 1 aliphatic heterocycles. The van der Waals surface area contributed by atoms with E-state index in [9.17, 15) is 0 Å². The van der Waals surface area contributed by atoms with Crippen LogP contribution in [0, 0.1) is 5.41 Å². The molecule has 20 heavy (non-hydrogen) atoms. The monoisotopic (exact) mass is 278 g/mol. The molecule has 4 heteroatoms. The minimum Gasteiger partial charge on any atom is -0.495 e. The third-order valence-electron chi connectivity index (χ3n) is 4.18. The summed E-state index contributed by atoms with van der Waals surface area (Å²) in [6.07, 6.45) is 2.31. The Kier molecular flexibility index (Phi) is 5.26. The van der Waals surface area contributed by atoms with E-state index in [0.717, 1.165) is 50.5 Å². The number of nitrogens with one attached hydrogen (secondary N) is 1. The number of anilines is 1. The van der Waals surface area contributed by atoms with E-state index in [1.165, 1.54) is 0 Å². The lowest BCUT2D eigenvalue weighted by Gasteiger charge is -2.40. The van der Waals surface area contributed by atoms with Crippen LogP contribution in [0.1, 0.15) is 12.8 Å². The van der Waals surface area contributed by atoms with Gasteiger partial charge in [-0.3, -0.25) is 0 Å². The molecule has 1 heterocycles. The van der Waals surface area contributed by atoms with Crippen LogP contribution < -0.4 is 15.0 Å². The van der Waals surface area contributed by atoms with Crippen LogP contribution in [0.4, 0.5) is 5.69 Å². The van der Waals surface area contributed by atoms with E-state index in [4.69, 9.17) is 9.47 Å². The zero-order chi connectivity index (χ0) is 14.4. The van der Waals surface area contributed by atoms with Crippen molar-refractivity contribution in [2.45, 2.75) is 12.8 Å². The second kappa shape index (κ2) is 6.95. The van der Waals surface area contributed by atoms with Gasteiger partial charge in [-0.05, 0) is 38.1 Å². The first-order valence-corrected chi connectivity index (χ1v) is 7.25. The summed E-state index contributed by atoms with van der Waals surface area (Å²) in [5, 5.41) is 3.43. The molecule has 1 N–H and O–H groups in total. The second-order valence-corrected chi connectivity index (χ2v) is 5.71. The molecule has 0 bridgehead atoms. The van der Waals surface area contributed by atoms with E-state index in [0.29, 0.717) is 0 Å². The number of piperidine rings is 1. The summed E-state index contributed by atoms with van der Waals surface area (Å²) in [6, 6.07) is 8.18. The molecule has 112 valence electrons. The van der Waals surface area contributed by atoms with Gasteiger partial charge in [0.2, 0.25) is 0 Å². The fraction of sp³-hybridized carbons (Fsp3) is 0.625. The maximum absolute atomic E-state index is 5.49. The third-order valence-corrected chi connectivity index (χ3v) is 4.18. The molecule has 2 rings (SSSR count). The molecule has 4 nitrogen and oxygen atoms in total. The van der Waals surface area contributed by atoms with Crippen molar-refractivity contribution in [1.82, 2.24) is 5.32 Å². The molecule has 1 fully saturated rings. The Hall–Kier alpha value is -1.26. The molecule has 0 atom stereocenters. The van der Waals surface area contributed by atoms with Crippen molar-refractivity contribution >= 4 is 5.69 Å². The Bertz CT molecular complexity index is 411. The van der Waals surface area contributed by atoms with Gasteiger partial charge in [-0.1, -0.05) is 12.1 Å². The van der Waals surface area contributed by atoms with E-state index in [1.54, 1.807) is 14.2 Å². The van der Waals surface area contributed by atoms with Crippen LogP contribution in [-0.2, 0) is 4.74 Å². The van der Waals surface area contributed by atoms with E-state index in [1.807, 2.05) is 12.1 Å². The minimum absolute atomic E-state index is 0.232. The molecule has 0 saturated carbocycles. The van der Waals surface area contributed by atoms with Gasteiger partial charge in [-0.25, -0.2) is 0 Å². The van der Waals surface area contributed by atoms with Crippen LogP contribution in [0.25, 0.3) is 0 Å². The molecular weight excluding hydrogens is 252 g/mol. The molecular formula is C16H26N2O2. The molecule has 0 radical (unpaired) electrons. The van der Waals surface area contributed by atoms with Crippen LogP contribution in [0.2, 0.25) is 0 Å². The topological polar surface area (TPSA) is 33.7 Å². The molecule has 1 aliphatic rings. The minimum atomic E-state index is 0.232. The number of methoxy groups -OCH3 is 2. The van der Waals surface area contributed by atoms with Crippen LogP contribution in [-0.4, -0.2) is 47.5 Å². The zero-order valence-electron chi connectivity index (χ0n) is 12.8. The van der Waals surface area contributed by atoms with Crippen molar-refractivity contribution in [2.75, 3.05) is 52.4 Å². The number of nitrogens with zero attached hydrogens (tertiary/aromatic N) is 1. The lowest BCUT2D eigenvalue weighted by Crippen LogP contribution is -2.46. The summed E-state index contributed by atoms with van der Waals surface area (Å²) in [4.78, 5) is 2.29. The number of para-hydroxylation sites is 2. The van der Waals surface area contributed by atoms with Gasteiger partial charge in [-0.2, -0.15) is 0 Å². The average molecular weight is 278 g/mol. The second-order valence-electron chi connectivity index (χ2n) is 5.71. The molecule has 1 aromatic carbocycles. The van der Waals surface area contributed by atoms with Crippen LogP contribution in [0.3, 0.4) is 0 Å². The molecule has 1 aromatic rings. The van der Waals surface area contributed by atoms with Crippen LogP contribution in [0.15, 0.2) is 24.3 Å². The number of rotatable bonds is 6. The van der Waals surface area contributed by atoms with Crippen molar-refractivity contribution in [3.05, 3.63) is 24.3 Å². The van der Waals surface area contributed by atoms with Crippen molar-refractivity contribution < 1.29 is 9.47 Å². The standard InChI is InChI=1S/C16H26N2O2/c1-18(14-6-4-5-7-15(14)20-3)12-16(13-19-2)8-10-17-11-9-16/h4-7,17H,8-13H2,1-3H3. The maximum Gasteiger partial charge on any atom is 0.142 e. The summed E-state index contributed by atoms with van der Waals surface area (Å²) in [5.74, 6) is 0.927. The van der Waals surface area contributed by atoms with Gasteiger partial charge in [-0.15, -0.1) is 0 Å². The van der Waals surface area contributed by atoms with E-state index in [2.05, 4.69) is 29.4 Å². The van der Waals surface area contributed by atoms with Gasteiger partial charge in [0.25, 0.3) is 0 Å². The zero-order valence-corrected chi connectivity index (χ0v) is 12.8. The summed E-state index contributed by atoms with van der Waals surface area (Å²) in [5.41, 5.74) is 1.37. The van der Waals surface area contributed by atoms with E-state index in [-0.39, 0.29) is 5.41 Å². The van der Waals surface area contributed by atoms with Crippen molar-refractivity contribution in [2.24, 2.45) is 5.41 Å². The first-order valence-electron chi connectivity index (χ1n) is 7.25. The number of ether oxygens (including phenoxy) is 2. The molecule has 0 aliphatic carbocycles. The highest BCUT2D eigenvalue weighted by atomic mass is 16.5. The summed E-state index contributed by atoms with van der Waals surface area (Å²) < 4.78 is 11.0. The molecule has 0 aromatic heterocycles. The first-order chi connectivity index (χ1) is 9.71. The average Bonchev–Trinajstić information content (AvgIpc) is 2.48. The normalized spacial score (nSPS) is 17.8. The van der Waals surface area contributed by atoms with Gasteiger partial charge in [0.05, 0.1) is 19.4 Å². The predicted molar refractivity (Wildman–Crippen MR) is 82.7 cm³/mol. The Morgan fingerprint density at radius 2 is 1.90 bits per heavy atom. The Morgan fingerprint density at radius 1 is 1.20 bits per heavy atom. The molecule has 1 saturated heterocycles. The Labute approximate surface area is 122 Å². The van der Waals surface area contributed by atoms with Gasteiger partial charge in [0, 0.05) is 26.1 Å². The van der Waals surface area contributed by atoms with Crippen molar-refractivity contribution in [3.63, 3.8) is 0 Å². The highest BCUT2D eigenvalue weighted by Gasteiger charge is 2.33. The van der Waals surface area contributed by atoms with Gasteiger partial charge < -0.3 is 19.7 Å². The summed E-state index contributed by atoms with van der Waals surface area (Å²) in [7, 11) is 5.66. The quantitative estimate of drug-likeness (QED) is 0.864. The molecule has 0 amide bonds. The van der Waals surface area contributed by atoms with Crippen molar-refractivity contribution in [3.8, 4) is 5.75 Å². The van der Waals surface area contributed by atoms with Gasteiger partial charge in [0.15, 0.2) is 0 Å². The summed E-state index contributed by atoms with van der Waals surface area (Å²) in [6.45, 7) is 3.95. The fourth-order valence-corrected chi connectivity index (χ4v) is 3.14. The lowest BCUT2D eigenvalue weighted by molar-refractivity contribution is 0.0595. The lowest BCUT2D eigenvalue weighted by atomic mass is 9.79. The first kappa shape index (κ1) is 15.1. The Morgan fingerprint density at radius 3 is 2.55 bits per heavy atom. The SMILES string of the molecule is COCC1(CN(C)c2ccccc2OC)CCNCC1. The van der Waals surface area contributed by atoms with Crippen molar-refractivity contribution in [1.29, 1.82) is 0 Å². The molecule has 0 unspecified atom stereocenters. The maximum atomic E-state index is 5.49. The molecule has 0 spiro atoms. The highest BCUT2D eigenvalue weighted by molar-refractivity contribution is 5.58. The van der Waals surface area contributed by atoms with Crippen LogP contribution in [0.5, 0.6) is 5.75 Å². The summed E-state index contributed by atoms with van der Waals surface area (Å²) >= 11 is 0.